The summed E-state index contributed by atoms with van der Waals surface area (Å²) in [7, 11) is 0. The van der Waals surface area contributed by atoms with Gasteiger partial charge in [-0.1, -0.05) is 23.2 Å². The van der Waals surface area contributed by atoms with Crippen LogP contribution in [0.5, 0.6) is 0 Å². The zero-order valence-electron chi connectivity index (χ0n) is 11.8. The number of benzene rings is 1. The molecule has 1 aromatic carbocycles. The lowest BCUT2D eigenvalue weighted by Crippen LogP contribution is -2.57. The van der Waals surface area contributed by atoms with Crippen LogP contribution in [0.25, 0.3) is 0 Å². The normalized spacial score (nSPS) is 16.0. The Kier molecular flexibility index (Phi) is 5.30. The van der Waals surface area contributed by atoms with Crippen LogP contribution in [0, 0.1) is 16.0 Å². The van der Waals surface area contributed by atoms with Crippen molar-refractivity contribution in [1.82, 2.24) is 10.6 Å². The maximum absolute atomic E-state index is 12.1. The quantitative estimate of drug-likeness (QED) is 0.186. The standard InChI is InChI=1S/C12H8Cl2N4O6S/c13-4-1-3(18(23)24)2-5(14)7(4)15-11(22)8(19)6-9(20)16-12(25)17-10(6)21/h1-2,6,15,19,22H,(H2,16,17,20,21,25)/p-1. The lowest BCUT2D eigenvalue weighted by Gasteiger charge is -2.28. The van der Waals surface area contributed by atoms with E-state index in [1.807, 2.05) is 0 Å². The molecule has 2 amide bonds. The molecule has 1 fully saturated rings. The zero-order chi connectivity index (χ0) is 18.9. The average molecular weight is 406 g/mol. The molecule has 0 spiro atoms. The van der Waals surface area contributed by atoms with E-state index in [0.29, 0.717) is 0 Å². The van der Waals surface area contributed by atoms with Crippen molar-refractivity contribution in [2.24, 2.45) is 5.92 Å². The van der Waals surface area contributed by atoms with Crippen molar-refractivity contribution in [3.8, 4) is 0 Å². The third kappa shape index (κ3) is 3.90. The van der Waals surface area contributed by atoms with Gasteiger partial charge < -0.3 is 26.2 Å². The van der Waals surface area contributed by atoms with Crippen molar-refractivity contribution >= 4 is 63.7 Å². The molecule has 1 aliphatic heterocycles. The average Bonchev–Trinajstić information content (AvgIpc) is 2.49. The Morgan fingerprint density at radius 1 is 1.24 bits per heavy atom. The van der Waals surface area contributed by atoms with Crippen LogP contribution in [-0.4, -0.2) is 27.0 Å². The van der Waals surface area contributed by atoms with Gasteiger partial charge in [0.1, 0.15) is 5.92 Å². The number of non-ortho nitro benzene ring substituents is 1. The van der Waals surface area contributed by atoms with Gasteiger partial charge in [0.05, 0.1) is 20.7 Å². The fraction of sp³-hybridized carbons (Fsp3) is 0.0833. The van der Waals surface area contributed by atoms with Gasteiger partial charge in [-0.2, -0.15) is 0 Å². The third-order valence-corrected chi connectivity index (χ3v) is 3.77. The number of amides is 2. The van der Waals surface area contributed by atoms with Gasteiger partial charge in [0.2, 0.25) is 11.8 Å². The molecule has 1 heterocycles. The van der Waals surface area contributed by atoms with E-state index in [-0.39, 0.29) is 20.8 Å². The van der Waals surface area contributed by atoms with E-state index in [2.05, 4.69) is 28.2 Å². The van der Waals surface area contributed by atoms with Crippen LogP contribution in [0.15, 0.2) is 23.8 Å². The Bertz CT molecular complexity index is 800. The number of carbonyl (C=O) groups excluding carboxylic acids is 2. The van der Waals surface area contributed by atoms with Crippen molar-refractivity contribution in [3.63, 3.8) is 0 Å². The summed E-state index contributed by atoms with van der Waals surface area (Å²) < 4.78 is 0. The maximum atomic E-state index is 12.1. The minimum atomic E-state index is -1.88. The first-order chi connectivity index (χ1) is 11.6. The highest BCUT2D eigenvalue weighted by atomic mass is 35.5. The van der Waals surface area contributed by atoms with E-state index < -0.39 is 40.0 Å². The molecule has 2 rings (SSSR count). The number of halogens is 2. The number of anilines is 1. The molecular formula is C12H7Cl2N4O6S-. The van der Waals surface area contributed by atoms with Crippen LogP contribution in [0.3, 0.4) is 0 Å². The Hall–Kier alpha value is -2.63. The molecule has 0 unspecified atom stereocenters. The number of aliphatic hydroxyl groups is 1. The second kappa shape index (κ2) is 7.09. The fourth-order valence-electron chi connectivity index (χ4n) is 1.86. The van der Waals surface area contributed by atoms with Crippen LogP contribution in [0.2, 0.25) is 10.0 Å². The second-order valence-corrected chi connectivity index (χ2v) is 5.84. The lowest BCUT2D eigenvalue weighted by atomic mass is 10.0. The van der Waals surface area contributed by atoms with E-state index >= 15 is 0 Å². The molecule has 1 aromatic rings. The van der Waals surface area contributed by atoms with Crippen molar-refractivity contribution in [3.05, 3.63) is 43.9 Å². The molecule has 1 saturated heterocycles. The number of nitro benzene ring substituents is 1. The number of nitrogens with zero attached hydrogens (tertiary/aromatic N) is 1. The molecule has 0 aromatic heterocycles. The van der Waals surface area contributed by atoms with Crippen molar-refractivity contribution in [1.29, 1.82) is 0 Å². The highest BCUT2D eigenvalue weighted by Crippen LogP contribution is 2.35. The molecule has 0 bridgehead atoms. The van der Waals surface area contributed by atoms with Crippen molar-refractivity contribution in [2.45, 2.75) is 0 Å². The number of hydrogen-bond donors (Lipinski definition) is 4. The maximum Gasteiger partial charge on any atom is 0.272 e. The Labute approximate surface area is 154 Å². The molecule has 10 nitrogen and oxygen atoms in total. The van der Waals surface area contributed by atoms with E-state index in [4.69, 9.17) is 23.2 Å². The summed E-state index contributed by atoms with van der Waals surface area (Å²) in [5, 5.41) is 38.2. The highest BCUT2D eigenvalue weighted by Gasteiger charge is 2.33. The van der Waals surface area contributed by atoms with Gasteiger partial charge in [-0.3, -0.25) is 19.7 Å². The molecule has 4 N–H and O–H groups in total. The number of carbonyl (C=O) groups is 2. The van der Waals surface area contributed by atoms with Gasteiger partial charge in [-0.25, -0.2) is 0 Å². The Balaban J connectivity index is 2.35. The molecule has 0 radical (unpaired) electrons. The molecule has 13 heteroatoms. The van der Waals surface area contributed by atoms with E-state index in [0.717, 1.165) is 12.1 Å². The first-order valence-corrected chi connectivity index (χ1v) is 7.44. The Morgan fingerprint density at radius 3 is 2.16 bits per heavy atom. The number of nitrogens with one attached hydrogen (secondary N) is 3. The van der Waals surface area contributed by atoms with E-state index in [9.17, 15) is 29.9 Å². The van der Waals surface area contributed by atoms with Crippen LogP contribution in [0.1, 0.15) is 0 Å². The van der Waals surface area contributed by atoms with Crippen LogP contribution in [0.4, 0.5) is 11.4 Å². The predicted octanol–water partition coefficient (Wildman–Crippen LogP) is 0.548. The first-order valence-electron chi connectivity index (χ1n) is 6.28. The number of rotatable bonds is 4. The number of thiocarbonyl (C=S) groups is 1. The van der Waals surface area contributed by atoms with Crippen LogP contribution >= 0.6 is 35.4 Å². The molecule has 1 aliphatic rings. The Morgan fingerprint density at radius 2 is 1.72 bits per heavy atom. The van der Waals surface area contributed by atoms with Crippen molar-refractivity contribution in [2.75, 3.05) is 5.32 Å². The zero-order valence-corrected chi connectivity index (χ0v) is 14.2. The molecular weight excluding hydrogens is 399 g/mol. The van der Waals surface area contributed by atoms with Gasteiger partial charge >= 0.3 is 0 Å². The molecule has 0 aliphatic carbocycles. The van der Waals surface area contributed by atoms with Crippen molar-refractivity contribution < 1.29 is 24.7 Å². The fourth-order valence-corrected chi connectivity index (χ4v) is 2.63. The van der Waals surface area contributed by atoms with Gasteiger partial charge in [-0.05, 0) is 18.0 Å². The summed E-state index contributed by atoms with van der Waals surface area (Å²) in [5.74, 6) is -6.31. The first kappa shape index (κ1) is 18.7. The number of hydrogen-bond acceptors (Lipinski definition) is 8. The van der Waals surface area contributed by atoms with E-state index in [1.165, 1.54) is 0 Å². The lowest BCUT2D eigenvalue weighted by molar-refractivity contribution is -0.384. The summed E-state index contributed by atoms with van der Waals surface area (Å²) in [4.78, 5) is 33.4. The SMILES string of the molecule is O=C1NC(=S)NC(=O)C1C([O-])=C(O)Nc1c(Cl)cc([N+](=O)[O-])cc1Cl. The molecule has 25 heavy (non-hydrogen) atoms. The minimum Gasteiger partial charge on any atom is -0.871 e. The van der Waals surface area contributed by atoms with Gasteiger partial charge in [0, 0.05) is 12.1 Å². The summed E-state index contributed by atoms with van der Waals surface area (Å²) in [6, 6.07) is 1.87. The smallest absolute Gasteiger partial charge is 0.272 e. The third-order valence-electron chi connectivity index (χ3n) is 2.97. The molecule has 132 valence electrons. The molecule has 0 saturated carbocycles. The number of aliphatic hydroxyl groups excluding tert-OH is 1. The monoisotopic (exact) mass is 405 g/mol. The summed E-state index contributed by atoms with van der Waals surface area (Å²) in [6.45, 7) is 0. The van der Waals surface area contributed by atoms with E-state index in [1.54, 1.807) is 0 Å². The summed E-state index contributed by atoms with van der Waals surface area (Å²) >= 11 is 16.2. The van der Waals surface area contributed by atoms with Gasteiger partial charge in [0.15, 0.2) is 11.0 Å². The number of nitro groups is 1. The summed E-state index contributed by atoms with van der Waals surface area (Å²) in [6.07, 6.45) is 0. The largest absolute Gasteiger partial charge is 0.871 e. The van der Waals surface area contributed by atoms with Gasteiger partial charge in [-0.15, -0.1) is 0 Å². The second-order valence-electron chi connectivity index (χ2n) is 4.62. The van der Waals surface area contributed by atoms with Crippen LogP contribution in [-0.2, 0) is 9.59 Å². The highest BCUT2D eigenvalue weighted by molar-refractivity contribution is 7.80. The van der Waals surface area contributed by atoms with Crippen LogP contribution < -0.4 is 21.1 Å². The minimum absolute atomic E-state index is 0.216. The molecule has 0 atom stereocenters. The van der Waals surface area contributed by atoms with Gasteiger partial charge in [0.25, 0.3) is 5.69 Å². The summed E-state index contributed by atoms with van der Waals surface area (Å²) in [5.41, 5.74) is -0.627. The predicted molar refractivity (Wildman–Crippen MR) is 88.8 cm³/mol. The topological polar surface area (TPSA) is 157 Å².